The van der Waals surface area contributed by atoms with Gasteiger partial charge in [-0.05, 0) is 49.7 Å². The maximum atomic E-state index is 10.9. The minimum absolute atomic E-state index is 0.0704. The summed E-state index contributed by atoms with van der Waals surface area (Å²) in [6, 6.07) is 6.58. The molecule has 2 saturated carbocycles. The molecule has 1 aromatic heterocycles. The van der Waals surface area contributed by atoms with E-state index in [2.05, 4.69) is 17.1 Å². The second-order valence-electron chi connectivity index (χ2n) is 7.07. The number of rotatable bonds is 3. The second kappa shape index (κ2) is 4.41. The number of hydrogen-bond acceptors (Lipinski definition) is 4. The Labute approximate surface area is 128 Å². The largest absolute Gasteiger partial charge is 0.478 e. The highest BCUT2D eigenvalue weighted by atomic mass is 16.5. The monoisotopic (exact) mass is 298 g/mol. The molecule has 2 aromatic rings. The molecule has 0 radical (unpaired) electrons. The van der Waals surface area contributed by atoms with E-state index >= 15 is 0 Å². The first-order valence-corrected chi connectivity index (χ1v) is 7.68. The van der Waals surface area contributed by atoms with Crippen LogP contribution in [-0.4, -0.2) is 21.2 Å². The van der Waals surface area contributed by atoms with Gasteiger partial charge in [0.1, 0.15) is 0 Å². The minimum atomic E-state index is -0.935. The number of hydrogen-bond donors (Lipinski definition) is 1. The summed E-state index contributed by atoms with van der Waals surface area (Å²) in [6.07, 6.45) is 5.86. The number of fused-ring (bicyclic) bond motifs is 2. The Kier molecular flexibility index (Phi) is 2.71. The maximum Gasteiger partial charge on any atom is 0.335 e. The van der Waals surface area contributed by atoms with Gasteiger partial charge >= 0.3 is 5.97 Å². The highest BCUT2D eigenvalue weighted by Crippen LogP contribution is 2.61. The van der Waals surface area contributed by atoms with Crippen molar-refractivity contribution in [1.29, 1.82) is 0 Å². The molecule has 1 heterocycles. The number of carbonyl (C=O) groups is 1. The third kappa shape index (κ3) is 1.95. The summed E-state index contributed by atoms with van der Waals surface area (Å²) in [5, 5.41) is 13.0. The van der Waals surface area contributed by atoms with Crippen LogP contribution >= 0.6 is 0 Å². The zero-order valence-electron chi connectivity index (χ0n) is 12.5. The first kappa shape index (κ1) is 13.5. The standard InChI is InChI=1S/C17H18N2O3/c1-16-6-8-17(10-16,9-7-16)15-18-13(19-22-15)11-2-4-12(5-3-11)14(20)21/h2-5H,6-10H2,1H3,(H,20,21). The molecule has 2 aliphatic carbocycles. The van der Waals surface area contributed by atoms with Gasteiger partial charge < -0.3 is 9.63 Å². The van der Waals surface area contributed by atoms with Crippen LogP contribution in [0, 0.1) is 5.41 Å². The Bertz CT molecular complexity index is 725. The van der Waals surface area contributed by atoms with Crippen molar-refractivity contribution < 1.29 is 14.4 Å². The maximum absolute atomic E-state index is 10.9. The van der Waals surface area contributed by atoms with Gasteiger partial charge in [0.15, 0.2) is 0 Å². The van der Waals surface area contributed by atoms with E-state index in [1.54, 1.807) is 24.3 Å². The van der Waals surface area contributed by atoms with Gasteiger partial charge in [0.2, 0.25) is 11.7 Å². The molecular formula is C17H18N2O3. The average Bonchev–Trinajstić information content (AvgIpc) is 3.19. The smallest absolute Gasteiger partial charge is 0.335 e. The number of carboxylic acid groups (broad SMARTS) is 1. The number of carboxylic acids is 1. The fourth-order valence-corrected chi connectivity index (χ4v) is 4.11. The molecule has 1 N–H and O–H groups in total. The molecule has 0 amide bonds. The van der Waals surface area contributed by atoms with Gasteiger partial charge in [-0.3, -0.25) is 0 Å². The normalized spacial score (nSPS) is 29.9. The van der Waals surface area contributed by atoms with Crippen molar-refractivity contribution in [2.75, 3.05) is 0 Å². The van der Waals surface area contributed by atoms with Crippen molar-refractivity contribution in [2.24, 2.45) is 5.41 Å². The summed E-state index contributed by atoms with van der Waals surface area (Å²) in [5.74, 6) is 0.364. The molecular weight excluding hydrogens is 280 g/mol. The third-order valence-electron chi connectivity index (χ3n) is 5.45. The lowest BCUT2D eigenvalue weighted by molar-refractivity contribution is 0.0697. The van der Waals surface area contributed by atoms with Crippen molar-refractivity contribution in [3.63, 3.8) is 0 Å². The predicted octanol–water partition coefficient (Wildman–Crippen LogP) is 3.66. The lowest BCUT2D eigenvalue weighted by Crippen LogP contribution is -2.19. The molecule has 2 bridgehead atoms. The molecule has 4 rings (SSSR count). The van der Waals surface area contributed by atoms with E-state index in [9.17, 15) is 4.79 Å². The van der Waals surface area contributed by atoms with Crippen LogP contribution in [0.15, 0.2) is 28.8 Å². The van der Waals surface area contributed by atoms with Crippen LogP contribution in [0.1, 0.15) is 55.3 Å². The van der Waals surface area contributed by atoms with Crippen LogP contribution in [0.4, 0.5) is 0 Å². The Morgan fingerprint density at radius 1 is 1.18 bits per heavy atom. The van der Waals surface area contributed by atoms with Crippen molar-refractivity contribution in [3.05, 3.63) is 35.7 Å². The molecule has 0 saturated heterocycles. The molecule has 0 aliphatic heterocycles. The Hall–Kier alpha value is -2.17. The van der Waals surface area contributed by atoms with E-state index < -0.39 is 5.97 Å². The molecule has 5 heteroatoms. The first-order valence-electron chi connectivity index (χ1n) is 7.68. The van der Waals surface area contributed by atoms with Gasteiger partial charge in [-0.1, -0.05) is 24.2 Å². The number of nitrogens with zero attached hydrogens (tertiary/aromatic N) is 2. The fourth-order valence-electron chi connectivity index (χ4n) is 4.11. The molecule has 2 aliphatic rings. The molecule has 2 fully saturated rings. The Morgan fingerprint density at radius 3 is 2.41 bits per heavy atom. The van der Waals surface area contributed by atoms with E-state index in [-0.39, 0.29) is 11.0 Å². The fraction of sp³-hybridized carbons (Fsp3) is 0.471. The van der Waals surface area contributed by atoms with Gasteiger partial charge in [0, 0.05) is 5.56 Å². The average molecular weight is 298 g/mol. The van der Waals surface area contributed by atoms with Gasteiger partial charge in [-0.25, -0.2) is 4.79 Å². The summed E-state index contributed by atoms with van der Waals surface area (Å²) in [7, 11) is 0. The second-order valence-corrected chi connectivity index (χ2v) is 7.07. The molecule has 0 atom stereocenters. The SMILES string of the molecule is CC12CCC(c3nc(-c4ccc(C(=O)O)cc4)no3)(CC1)C2. The van der Waals surface area contributed by atoms with Gasteiger partial charge in [0.05, 0.1) is 11.0 Å². The molecule has 5 nitrogen and oxygen atoms in total. The van der Waals surface area contributed by atoms with E-state index in [0.29, 0.717) is 11.2 Å². The van der Waals surface area contributed by atoms with Gasteiger partial charge in [-0.15, -0.1) is 0 Å². The van der Waals surface area contributed by atoms with Crippen LogP contribution in [0.5, 0.6) is 0 Å². The topological polar surface area (TPSA) is 76.2 Å². The van der Waals surface area contributed by atoms with E-state index in [1.807, 2.05) is 0 Å². The van der Waals surface area contributed by atoms with Crippen molar-refractivity contribution in [1.82, 2.24) is 10.1 Å². The first-order chi connectivity index (χ1) is 10.5. The predicted molar refractivity (Wildman–Crippen MR) is 79.6 cm³/mol. The Morgan fingerprint density at radius 2 is 1.86 bits per heavy atom. The molecule has 0 spiro atoms. The lowest BCUT2D eigenvalue weighted by Gasteiger charge is -2.22. The van der Waals surface area contributed by atoms with Crippen molar-refractivity contribution >= 4 is 5.97 Å². The van der Waals surface area contributed by atoms with Crippen molar-refractivity contribution in [3.8, 4) is 11.4 Å². The third-order valence-corrected chi connectivity index (χ3v) is 5.45. The Balaban J connectivity index is 1.63. The summed E-state index contributed by atoms with van der Waals surface area (Å²) < 4.78 is 5.57. The van der Waals surface area contributed by atoms with Crippen LogP contribution in [0.3, 0.4) is 0 Å². The van der Waals surface area contributed by atoms with E-state index in [4.69, 9.17) is 9.63 Å². The molecule has 114 valence electrons. The summed E-state index contributed by atoms with van der Waals surface area (Å²) >= 11 is 0. The van der Waals surface area contributed by atoms with E-state index in [1.165, 1.54) is 12.8 Å². The summed E-state index contributed by atoms with van der Waals surface area (Å²) in [6.45, 7) is 2.35. The quantitative estimate of drug-likeness (QED) is 0.935. The number of benzene rings is 1. The molecule has 22 heavy (non-hydrogen) atoms. The van der Waals surface area contributed by atoms with Crippen LogP contribution < -0.4 is 0 Å². The van der Waals surface area contributed by atoms with Crippen LogP contribution in [-0.2, 0) is 5.41 Å². The number of aromatic nitrogens is 2. The van der Waals surface area contributed by atoms with Crippen molar-refractivity contribution in [2.45, 2.75) is 44.4 Å². The minimum Gasteiger partial charge on any atom is -0.478 e. The van der Waals surface area contributed by atoms with Crippen LogP contribution in [0.2, 0.25) is 0 Å². The van der Waals surface area contributed by atoms with Gasteiger partial charge in [-0.2, -0.15) is 4.98 Å². The zero-order chi connectivity index (χ0) is 15.4. The lowest BCUT2D eigenvalue weighted by atomic mass is 9.83. The van der Waals surface area contributed by atoms with Crippen LogP contribution in [0.25, 0.3) is 11.4 Å². The zero-order valence-corrected chi connectivity index (χ0v) is 12.5. The van der Waals surface area contributed by atoms with E-state index in [0.717, 1.165) is 30.7 Å². The summed E-state index contributed by atoms with van der Waals surface area (Å²) in [4.78, 5) is 15.5. The highest BCUT2D eigenvalue weighted by molar-refractivity contribution is 5.88. The number of aromatic carboxylic acids is 1. The summed E-state index contributed by atoms with van der Waals surface area (Å²) in [5.41, 5.74) is 1.56. The molecule has 0 unspecified atom stereocenters. The van der Waals surface area contributed by atoms with Gasteiger partial charge in [0.25, 0.3) is 0 Å². The molecule has 1 aromatic carbocycles. The highest BCUT2D eigenvalue weighted by Gasteiger charge is 2.55.